The summed E-state index contributed by atoms with van der Waals surface area (Å²) >= 11 is -1.46. The maximum absolute atomic E-state index is 11.2. The molecule has 1 heterocycles. The Morgan fingerprint density at radius 3 is 2.65 bits per heavy atom. The van der Waals surface area contributed by atoms with E-state index in [-0.39, 0.29) is 12.6 Å². The van der Waals surface area contributed by atoms with E-state index in [9.17, 15) is 13.5 Å². The molecule has 2 aromatic carbocycles. The zero-order valence-corrected chi connectivity index (χ0v) is 20.0. The molecule has 178 valence electrons. The normalized spacial score (nSPS) is 12.4. The van der Waals surface area contributed by atoms with Crippen LogP contribution >= 0.6 is 0 Å². The number of nitrogens with one attached hydrogen (secondary N) is 4. The predicted molar refractivity (Wildman–Crippen MR) is 132 cm³/mol. The van der Waals surface area contributed by atoms with Gasteiger partial charge in [0.2, 0.25) is 5.95 Å². The minimum atomic E-state index is -1.80. The van der Waals surface area contributed by atoms with E-state index in [0.29, 0.717) is 39.2 Å². The highest BCUT2D eigenvalue weighted by atomic mass is 32.2. The SMILES string of the molecule is C[C@H](CO)Nc1nc(Nc2ccc([S-](=N)=O)cc2)ncc1C#Cc1cccc(NOS(C)=O)c1. The second-order valence-electron chi connectivity index (χ2n) is 7.02. The lowest BCUT2D eigenvalue weighted by molar-refractivity contribution is 0.281. The van der Waals surface area contributed by atoms with Crippen molar-refractivity contribution in [3.8, 4) is 11.8 Å². The molecule has 0 aliphatic rings. The molecule has 1 aromatic heterocycles. The van der Waals surface area contributed by atoms with Gasteiger partial charge in [-0.1, -0.05) is 34.9 Å². The van der Waals surface area contributed by atoms with Gasteiger partial charge in [-0.05, 0) is 37.3 Å². The van der Waals surface area contributed by atoms with Crippen LogP contribution in [-0.2, 0) is 30.2 Å². The van der Waals surface area contributed by atoms with Crippen LogP contribution in [0.25, 0.3) is 0 Å². The number of aliphatic hydroxyl groups excluding tert-OH is 1. The Morgan fingerprint density at radius 2 is 1.97 bits per heavy atom. The summed E-state index contributed by atoms with van der Waals surface area (Å²) in [6.45, 7) is 1.71. The van der Waals surface area contributed by atoms with Crippen molar-refractivity contribution < 1.29 is 17.8 Å². The highest BCUT2D eigenvalue weighted by Crippen LogP contribution is 2.19. The number of anilines is 4. The van der Waals surface area contributed by atoms with Gasteiger partial charge in [0.1, 0.15) is 5.82 Å². The largest absolute Gasteiger partial charge is 0.440 e. The summed E-state index contributed by atoms with van der Waals surface area (Å²) in [7, 11) is -1.80. The smallest absolute Gasteiger partial charge is 0.229 e. The van der Waals surface area contributed by atoms with Crippen molar-refractivity contribution in [1.29, 1.82) is 4.78 Å². The van der Waals surface area contributed by atoms with Gasteiger partial charge in [-0.3, -0.25) is 5.48 Å². The van der Waals surface area contributed by atoms with E-state index in [0.717, 1.165) is 0 Å². The first kappa shape index (κ1) is 25.1. The van der Waals surface area contributed by atoms with Crippen LogP contribution in [0.3, 0.4) is 0 Å². The lowest BCUT2D eigenvalue weighted by Gasteiger charge is -2.14. The van der Waals surface area contributed by atoms with E-state index in [4.69, 9.17) is 9.06 Å². The van der Waals surface area contributed by atoms with Gasteiger partial charge in [0, 0.05) is 23.5 Å². The van der Waals surface area contributed by atoms with E-state index in [1.54, 1.807) is 55.6 Å². The Morgan fingerprint density at radius 1 is 1.21 bits per heavy atom. The molecule has 34 heavy (non-hydrogen) atoms. The van der Waals surface area contributed by atoms with E-state index < -0.39 is 21.7 Å². The molecular weight excluding hydrogens is 476 g/mol. The van der Waals surface area contributed by atoms with Crippen molar-refractivity contribution in [1.82, 2.24) is 9.97 Å². The molecule has 0 spiro atoms. The summed E-state index contributed by atoms with van der Waals surface area (Å²) < 4.78 is 34.5. The molecule has 0 amide bonds. The number of hydrogen-bond donors (Lipinski definition) is 5. The van der Waals surface area contributed by atoms with Crippen molar-refractivity contribution in [3.05, 3.63) is 65.9 Å². The van der Waals surface area contributed by atoms with Crippen LogP contribution in [0.1, 0.15) is 18.1 Å². The molecule has 3 aromatic rings. The lowest BCUT2D eigenvalue weighted by atomic mass is 10.2. The molecule has 12 heteroatoms. The fourth-order valence-corrected chi connectivity index (χ4v) is 3.22. The van der Waals surface area contributed by atoms with E-state index in [1.807, 2.05) is 6.07 Å². The lowest BCUT2D eigenvalue weighted by Crippen LogP contribution is -2.21. The number of nitrogens with zero attached hydrogens (tertiary/aromatic N) is 2. The number of aliphatic hydroxyl groups is 1. The van der Waals surface area contributed by atoms with E-state index >= 15 is 0 Å². The fourth-order valence-electron chi connectivity index (χ4n) is 2.62. The molecule has 1 unspecified atom stereocenters. The summed E-state index contributed by atoms with van der Waals surface area (Å²) in [6.07, 6.45) is 2.97. The molecule has 0 radical (unpaired) electrons. The van der Waals surface area contributed by atoms with Crippen molar-refractivity contribution in [3.63, 3.8) is 0 Å². The van der Waals surface area contributed by atoms with Crippen LogP contribution in [-0.4, -0.2) is 38.2 Å². The molecule has 0 saturated carbocycles. The number of rotatable bonds is 9. The molecule has 0 aliphatic heterocycles. The molecule has 2 atom stereocenters. The number of hydrogen-bond acceptors (Lipinski definition) is 11. The quantitative estimate of drug-likeness (QED) is 0.170. The Balaban J connectivity index is 1.85. The average molecular weight is 500 g/mol. The highest BCUT2D eigenvalue weighted by Gasteiger charge is 2.09. The van der Waals surface area contributed by atoms with Crippen LogP contribution in [0.5, 0.6) is 0 Å². The Kier molecular flexibility index (Phi) is 8.94. The number of benzene rings is 2. The molecule has 3 rings (SSSR count). The molecule has 5 N–H and O–H groups in total. The molecule has 0 fully saturated rings. The Bertz CT molecular complexity index is 1290. The van der Waals surface area contributed by atoms with Crippen LogP contribution in [0.2, 0.25) is 0 Å². The predicted octanol–water partition coefficient (Wildman–Crippen LogP) is 3.13. The summed E-state index contributed by atoms with van der Waals surface area (Å²) in [6, 6.07) is 13.4. The van der Waals surface area contributed by atoms with Crippen molar-refractivity contribution in [2.75, 3.05) is 29.0 Å². The highest BCUT2D eigenvalue weighted by molar-refractivity contribution is 7.79. The monoisotopic (exact) mass is 499 g/mol. The van der Waals surface area contributed by atoms with Gasteiger partial charge >= 0.3 is 0 Å². The molecular formula is C22H23N6O4S2-. The first-order chi connectivity index (χ1) is 16.3. The Labute approximate surface area is 201 Å². The van der Waals surface area contributed by atoms with Gasteiger partial charge in [0.15, 0.2) is 11.1 Å². The first-order valence-corrected chi connectivity index (χ1v) is 12.6. The third-order valence-corrected chi connectivity index (χ3v) is 5.27. The van der Waals surface area contributed by atoms with E-state index in [1.165, 1.54) is 6.26 Å². The summed E-state index contributed by atoms with van der Waals surface area (Å²) in [5.41, 5.74) is 5.07. The minimum Gasteiger partial charge on any atom is -0.440 e. The molecule has 0 saturated heterocycles. The number of aromatic nitrogens is 2. The zero-order chi connectivity index (χ0) is 24.5. The van der Waals surface area contributed by atoms with Crippen molar-refractivity contribution >= 4 is 44.8 Å². The molecule has 10 nitrogen and oxygen atoms in total. The van der Waals surface area contributed by atoms with Crippen LogP contribution < -0.4 is 16.1 Å². The maximum Gasteiger partial charge on any atom is 0.229 e. The average Bonchev–Trinajstić information content (AvgIpc) is 2.82. The zero-order valence-electron chi connectivity index (χ0n) is 18.4. The van der Waals surface area contributed by atoms with Crippen LogP contribution in [0, 0.1) is 16.6 Å². The van der Waals surface area contributed by atoms with Crippen molar-refractivity contribution in [2.45, 2.75) is 17.9 Å². The van der Waals surface area contributed by atoms with E-state index in [2.05, 4.69) is 37.9 Å². The van der Waals surface area contributed by atoms with Gasteiger partial charge in [-0.25, -0.2) is 9.19 Å². The molecule has 0 bridgehead atoms. The summed E-state index contributed by atoms with van der Waals surface area (Å²) in [5.74, 6) is 6.81. The maximum atomic E-state index is 11.2. The third kappa shape index (κ3) is 7.53. The Hall–Kier alpha value is -3.50. The molecule has 0 aliphatic carbocycles. The standard InChI is InChI=1S/C22H23N6O4S2/c1-15(14-29)25-21-17(7-6-16-4-3-5-19(12-16)28-32-33(2)30)13-24-22(27-21)26-18-8-10-20(11-9-18)34(23)31/h3-5,8-13,15,23,28-29H,14H2,1-2H3,(H2,24,25,26,27)/q-1/t15-,33?/m1/s1. The second kappa shape index (κ2) is 12.1. The second-order valence-corrected chi connectivity index (χ2v) is 9.00. The van der Waals surface area contributed by atoms with Crippen LogP contribution in [0.4, 0.5) is 23.1 Å². The summed E-state index contributed by atoms with van der Waals surface area (Å²) in [5, 5.41) is 15.6. The van der Waals surface area contributed by atoms with Gasteiger partial charge in [0.05, 0.1) is 24.1 Å². The van der Waals surface area contributed by atoms with Gasteiger partial charge in [-0.2, -0.15) is 19.9 Å². The minimum absolute atomic E-state index is 0.0993. The topological polar surface area (TPSA) is 149 Å². The first-order valence-electron chi connectivity index (χ1n) is 9.97. The third-order valence-electron chi connectivity index (χ3n) is 4.25. The van der Waals surface area contributed by atoms with Crippen LogP contribution in [0.15, 0.2) is 59.6 Å². The van der Waals surface area contributed by atoms with Gasteiger partial charge in [0.25, 0.3) is 0 Å². The van der Waals surface area contributed by atoms with Gasteiger partial charge < -0.3 is 24.7 Å². The summed E-state index contributed by atoms with van der Waals surface area (Å²) in [4.78, 5) is 9.19. The van der Waals surface area contributed by atoms with Gasteiger partial charge in [-0.15, -0.1) is 0 Å². The van der Waals surface area contributed by atoms with Crippen molar-refractivity contribution in [2.24, 2.45) is 0 Å². The fraction of sp³-hybridized carbons (Fsp3) is 0.182.